The van der Waals surface area contributed by atoms with E-state index in [-0.39, 0.29) is 5.78 Å². The number of carbonyl (C=O) groups excluding carboxylic acids is 1. The molecule has 0 amide bonds. The van der Waals surface area contributed by atoms with Gasteiger partial charge in [-0.3, -0.25) is 9.48 Å². The highest BCUT2D eigenvalue weighted by Crippen LogP contribution is 2.25. The fourth-order valence-electron chi connectivity index (χ4n) is 2.01. The van der Waals surface area contributed by atoms with Crippen molar-refractivity contribution in [2.24, 2.45) is 0 Å². The molecular formula is C16H18N2O3. The van der Waals surface area contributed by atoms with Gasteiger partial charge in [0.1, 0.15) is 17.2 Å². The summed E-state index contributed by atoms with van der Waals surface area (Å²) in [6, 6.07) is 7.14. The summed E-state index contributed by atoms with van der Waals surface area (Å²) in [5.74, 6) is 1.30. The molecule has 2 rings (SSSR count). The number of methoxy groups -OCH3 is 2. The highest BCUT2D eigenvalue weighted by atomic mass is 16.5. The van der Waals surface area contributed by atoms with Crippen LogP contribution in [0.15, 0.2) is 36.5 Å². The molecular weight excluding hydrogens is 268 g/mol. The molecule has 5 heteroatoms. The van der Waals surface area contributed by atoms with E-state index in [1.54, 1.807) is 43.3 Å². The Hall–Kier alpha value is -2.56. The van der Waals surface area contributed by atoms with Crippen molar-refractivity contribution in [1.82, 2.24) is 9.78 Å². The number of aryl methyl sites for hydroxylation is 1. The second-order valence-corrected chi connectivity index (χ2v) is 4.34. The van der Waals surface area contributed by atoms with Crippen LogP contribution in [-0.4, -0.2) is 29.8 Å². The molecule has 0 fully saturated rings. The zero-order chi connectivity index (χ0) is 15.2. The Morgan fingerprint density at radius 2 is 2.10 bits per heavy atom. The first kappa shape index (κ1) is 14.8. The summed E-state index contributed by atoms with van der Waals surface area (Å²) in [4.78, 5) is 12.2. The van der Waals surface area contributed by atoms with Gasteiger partial charge in [0.05, 0.1) is 14.2 Å². The van der Waals surface area contributed by atoms with Crippen LogP contribution >= 0.6 is 0 Å². The fourth-order valence-corrected chi connectivity index (χ4v) is 2.01. The van der Waals surface area contributed by atoms with E-state index in [0.29, 0.717) is 23.7 Å². The minimum Gasteiger partial charge on any atom is -0.497 e. The molecule has 0 N–H and O–H groups in total. The standard InChI is InChI=1S/C16H18N2O3/c1-4-18-14(9-10-17-18)15(19)7-5-12-11-13(20-2)6-8-16(12)21-3/h5-11H,4H2,1-3H3/b7-5+. The van der Waals surface area contributed by atoms with Gasteiger partial charge < -0.3 is 9.47 Å². The molecule has 0 aliphatic rings. The molecule has 1 aromatic heterocycles. The van der Waals surface area contributed by atoms with E-state index in [4.69, 9.17) is 9.47 Å². The minimum absolute atomic E-state index is 0.0979. The van der Waals surface area contributed by atoms with Crippen molar-refractivity contribution in [2.75, 3.05) is 14.2 Å². The molecule has 0 radical (unpaired) electrons. The van der Waals surface area contributed by atoms with E-state index < -0.39 is 0 Å². The third kappa shape index (κ3) is 3.31. The number of nitrogens with zero attached hydrogens (tertiary/aromatic N) is 2. The number of ether oxygens (including phenoxy) is 2. The van der Waals surface area contributed by atoms with Gasteiger partial charge in [0.15, 0.2) is 0 Å². The maximum atomic E-state index is 12.2. The molecule has 1 aromatic carbocycles. The smallest absolute Gasteiger partial charge is 0.203 e. The second kappa shape index (κ2) is 6.74. The Kier molecular flexibility index (Phi) is 4.77. The molecule has 0 bridgehead atoms. The predicted octanol–water partition coefficient (Wildman–Crippen LogP) is 2.82. The second-order valence-electron chi connectivity index (χ2n) is 4.34. The van der Waals surface area contributed by atoms with Crippen LogP contribution in [-0.2, 0) is 6.54 Å². The van der Waals surface area contributed by atoms with Gasteiger partial charge in [-0.1, -0.05) is 0 Å². The van der Waals surface area contributed by atoms with E-state index in [0.717, 1.165) is 5.56 Å². The van der Waals surface area contributed by atoms with Gasteiger partial charge in [-0.25, -0.2) is 0 Å². The highest BCUT2D eigenvalue weighted by molar-refractivity contribution is 6.05. The number of hydrogen-bond acceptors (Lipinski definition) is 4. The molecule has 0 spiro atoms. The molecule has 110 valence electrons. The lowest BCUT2D eigenvalue weighted by molar-refractivity contribution is 0.103. The normalized spacial score (nSPS) is 10.8. The minimum atomic E-state index is -0.0979. The number of carbonyl (C=O) groups is 1. The first-order valence-electron chi connectivity index (χ1n) is 6.65. The number of hydrogen-bond donors (Lipinski definition) is 0. The monoisotopic (exact) mass is 286 g/mol. The average molecular weight is 286 g/mol. The molecule has 1 heterocycles. The SMILES string of the molecule is CCn1nccc1C(=O)/C=C/c1cc(OC)ccc1OC. The van der Waals surface area contributed by atoms with E-state index in [9.17, 15) is 4.79 Å². The van der Waals surface area contributed by atoms with Crippen LogP contribution in [0.3, 0.4) is 0 Å². The van der Waals surface area contributed by atoms with Gasteiger partial charge >= 0.3 is 0 Å². The Labute approximate surface area is 123 Å². The van der Waals surface area contributed by atoms with Crippen molar-refractivity contribution in [3.63, 3.8) is 0 Å². The van der Waals surface area contributed by atoms with Gasteiger partial charge in [-0.05, 0) is 43.3 Å². The maximum absolute atomic E-state index is 12.2. The third-order valence-electron chi connectivity index (χ3n) is 3.12. The molecule has 21 heavy (non-hydrogen) atoms. The van der Waals surface area contributed by atoms with Gasteiger partial charge in [-0.15, -0.1) is 0 Å². The Balaban J connectivity index is 2.26. The zero-order valence-electron chi connectivity index (χ0n) is 12.4. The van der Waals surface area contributed by atoms with Crippen molar-refractivity contribution in [2.45, 2.75) is 13.5 Å². The van der Waals surface area contributed by atoms with E-state index in [1.807, 2.05) is 19.1 Å². The lowest BCUT2D eigenvalue weighted by atomic mass is 10.1. The summed E-state index contributed by atoms with van der Waals surface area (Å²) in [6.45, 7) is 2.60. The Morgan fingerprint density at radius 3 is 2.76 bits per heavy atom. The number of allylic oxidation sites excluding steroid dienone is 1. The lowest BCUT2D eigenvalue weighted by Gasteiger charge is -2.07. The number of rotatable bonds is 6. The van der Waals surface area contributed by atoms with E-state index in [2.05, 4.69) is 5.10 Å². The van der Waals surface area contributed by atoms with E-state index in [1.165, 1.54) is 6.08 Å². The summed E-state index contributed by atoms with van der Waals surface area (Å²) < 4.78 is 12.1. The molecule has 0 aliphatic carbocycles. The quantitative estimate of drug-likeness (QED) is 0.605. The van der Waals surface area contributed by atoms with Crippen molar-refractivity contribution in [1.29, 1.82) is 0 Å². The van der Waals surface area contributed by atoms with Crippen LogP contribution in [0.25, 0.3) is 6.08 Å². The lowest BCUT2D eigenvalue weighted by Crippen LogP contribution is -2.07. The molecule has 0 aliphatic heterocycles. The van der Waals surface area contributed by atoms with Crippen LogP contribution < -0.4 is 9.47 Å². The summed E-state index contributed by atoms with van der Waals surface area (Å²) in [6.07, 6.45) is 4.86. The van der Waals surface area contributed by atoms with Crippen LogP contribution in [0, 0.1) is 0 Å². The highest BCUT2D eigenvalue weighted by Gasteiger charge is 2.08. The Bertz CT molecular complexity index is 659. The van der Waals surface area contributed by atoms with Gasteiger partial charge in [0.25, 0.3) is 0 Å². The number of aromatic nitrogens is 2. The summed E-state index contributed by atoms with van der Waals surface area (Å²) in [5, 5.41) is 4.09. The molecule has 5 nitrogen and oxygen atoms in total. The summed E-state index contributed by atoms with van der Waals surface area (Å²) in [7, 11) is 3.19. The zero-order valence-corrected chi connectivity index (χ0v) is 12.4. The van der Waals surface area contributed by atoms with Crippen LogP contribution in [0.1, 0.15) is 23.0 Å². The van der Waals surface area contributed by atoms with Crippen molar-refractivity contribution in [3.05, 3.63) is 47.8 Å². The number of ketones is 1. The largest absolute Gasteiger partial charge is 0.497 e. The van der Waals surface area contributed by atoms with Gasteiger partial charge in [-0.2, -0.15) is 5.10 Å². The van der Waals surface area contributed by atoms with Crippen LogP contribution in [0.5, 0.6) is 11.5 Å². The van der Waals surface area contributed by atoms with Gasteiger partial charge in [0.2, 0.25) is 5.78 Å². The van der Waals surface area contributed by atoms with Crippen molar-refractivity contribution >= 4 is 11.9 Å². The number of benzene rings is 1. The molecule has 2 aromatic rings. The summed E-state index contributed by atoms with van der Waals surface area (Å²) in [5.41, 5.74) is 1.35. The third-order valence-corrected chi connectivity index (χ3v) is 3.12. The van der Waals surface area contributed by atoms with Crippen LogP contribution in [0.2, 0.25) is 0 Å². The predicted molar refractivity (Wildman–Crippen MR) is 80.8 cm³/mol. The Morgan fingerprint density at radius 1 is 1.29 bits per heavy atom. The van der Waals surface area contributed by atoms with Crippen LogP contribution in [0.4, 0.5) is 0 Å². The topological polar surface area (TPSA) is 53.4 Å². The first-order chi connectivity index (χ1) is 10.2. The van der Waals surface area contributed by atoms with E-state index >= 15 is 0 Å². The maximum Gasteiger partial charge on any atom is 0.203 e. The van der Waals surface area contributed by atoms with Crippen molar-refractivity contribution in [3.8, 4) is 11.5 Å². The fraction of sp³-hybridized carbons (Fsp3) is 0.250. The first-order valence-corrected chi connectivity index (χ1v) is 6.65. The average Bonchev–Trinajstić information content (AvgIpc) is 3.00. The summed E-state index contributed by atoms with van der Waals surface area (Å²) >= 11 is 0. The molecule has 0 saturated carbocycles. The van der Waals surface area contributed by atoms with Gasteiger partial charge in [0, 0.05) is 18.3 Å². The molecule has 0 atom stereocenters. The molecule has 0 saturated heterocycles. The molecule has 0 unspecified atom stereocenters. The van der Waals surface area contributed by atoms with Crippen molar-refractivity contribution < 1.29 is 14.3 Å².